The standard InChI is InChI=1S/C13H20N2O2S/c1-16-8-4-7-14-13(18)15-12-6-3-5-11(9-12)10-17-2/h3,5-6,9H,4,7-8,10H2,1-2H3,(H2,14,15,18). The highest BCUT2D eigenvalue weighted by atomic mass is 32.1. The van der Waals surface area contributed by atoms with Gasteiger partial charge in [0, 0.05) is 33.1 Å². The SMILES string of the molecule is COCCCNC(=S)Nc1cccc(COC)c1. The molecule has 0 aliphatic carbocycles. The van der Waals surface area contributed by atoms with E-state index in [0.717, 1.165) is 30.8 Å². The Morgan fingerprint density at radius 2 is 2.11 bits per heavy atom. The smallest absolute Gasteiger partial charge is 0.170 e. The lowest BCUT2D eigenvalue weighted by Crippen LogP contribution is -2.29. The van der Waals surface area contributed by atoms with Crippen LogP contribution in [0.3, 0.4) is 0 Å². The number of rotatable bonds is 7. The van der Waals surface area contributed by atoms with E-state index in [1.165, 1.54) is 0 Å². The van der Waals surface area contributed by atoms with Crippen LogP contribution in [0, 0.1) is 0 Å². The normalized spacial score (nSPS) is 10.1. The molecular formula is C13H20N2O2S. The fourth-order valence-corrected chi connectivity index (χ4v) is 1.72. The quantitative estimate of drug-likeness (QED) is 0.586. The number of benzene rings is 1. The average molecular weight is 268 g/mol. The van der Waals surface area contributed by atoms with Crippen LogP contribution in [0.5, 0.6) is 0 Å². The van der Waals surface area contributed by atoms with E-state index in [9.17, 15) is 0 Å². The molecule has 0 aliphatic heterocycles. The Hall–Kier alpha value is -1.17. The van der Waals surface area contributed by atoms with Crippen molar-refractivity contribution >= 4 is 23.0 Å². The molecule has 1 aromatic rings. The molecule has 1 rings (SSSR count). The second-order valence-electron chi connectivity index (χ2n) is 3.86. The Balaban J connectivity index is 2.36. The van der Waals surface area contributed by atoms with Gasteiger partial charge in [-0.1, -0.05) is 12.1 Å². The summed E-state index contributed by atoms with van der Waals surface area (Å²) >= 11 is 5.20. The van der Waals surface area contributed by atoms with Crippen LogP contribution in [0.4, 0.5) is 5.69 Å². The first-order chi connectivity index (χ1) is 8.76. The van der Waals surface area contributed by atoms with Crippen molar-refractivity contribution in [3.05, 3.63) is 29.8 Å². The maximum absolute atomic E-state index is 5.20. The van der Waals surface area contributed by atoms with Gasteiger partial charge in [-0.3, -0.25) is 0 Å². The number of hydrogen-bond acceptors (Lipinski definition) is 3. The fraction of sp³-hybridized carbons (Fsp3) is 0.462. The van der Waals surface area contributed by atoms with Crippen molar-refractivity contribution < 1.29 is 9.47 Å². The summed E-state index contributed by atoms with van der Waals surface area (Å²) in [4.78, 5) is 0. The number of ether oxygens (including phenoxy) is 2. The molecule has 0 aliphatic rings. The van der Waals surface area contributed by atoms with E-state index >= 15 is 0 Å². The molecule has 0 bridgehead atoms. The van der Waals surface area contributed by atoms with E-state index < -0.39 is 0 Å². The molecule has 0 atom stereocenters. The highest BCUT2D eigenvalue weighted by Gasteiger charge is 1.98. The van der Waals surface area contributed by atoms with E-state index in [-0.39, 0.29) is 0 Å². The maximum atomic E-state index is 5.20. The van der Waals surface area contributed by atoms with E-state index in [1.54, 1.807) is 14.2 Å². The molecule has 4 nitrogen and oxygen atoms in total. The number of nitrogens with one attached hydrogen (secondary N) is 2. The van der Waals surface area contributed by atoms with Gasteiger partial charge < -0.3 is 20.1 Å². The molecule has 0 amide bonds. The minimum atomic E-state index is 0.601. The Labute approximate surface area is 114 Å². The predicted molar refractivity (Wildman–Crippen MR) is 77.9 cm³/mol. The van der Waals surface area contributed by atoms with Gasteiger partial charge in [0.25, 0.3) is 0 Å². The van der Waals surface area contributed by atoms with Gasteiger partial charge in [-0.25, -0.2) is 0 Å². The molecule has 0 saturated heterocycles. The van der Waals surface area contributed by atoms with Crippen molar-refractivity contribution in [3.63, 3.8) is 0 Å². The molecule has 0 aromatic heterocycles. The molecule has 5 heteroatoms. The summed E-state index contributed by atoms with van der Waals surface area (Å²) in [6, 6.07) is 7.99. The lowest BCUT2D eigenvalue weighted by Gasteiger charge is -2.11. The Morgan fingerprint density at radius 3 is 2.83 bits per heavy atom. The predicted octanol–water partition coefficient (Wildman–Crippen LogP) is 2.16. The van der Waals surface area contributed by atoms with Crippen LogP contribution in [-0.2, 0) is 16.1 Å². The molecule has 0 radical (unpaired) electrons. The van der Waals surface area contributed by atoms with Crippen LogP contribution in [0.15, 0.2) is 24.3 Å². The molecule has 2 N–H and O–H groups in total. The lowest BCUT2D eigenvalue weighted by atomic mass is 10.2. The highest BCUT2D eigenvalue weighted by molar-refractivity contribution is 7.80. The van der Waals surface area contributed by atoms with Gasteiger partial charge in [-0.05, 0) is 36.3 Å². The monoisotopic (exact) mass is 268 g/mol. The summed E-state index contributed by atoms with van der Waals surface area (Å²) < 4.78 is 10.1. The van der Waals surface area contributed by atoms with Gasteiger partial charge >= 0.3 is 0 Å². The molecule has 1 aromatic carbocycles. The van der Waals surface area contributed by atoms with Crippen LogP contribution in [0.2, 0.25) is 0 Å². The summed E-state index contributed by atoms with van der Waals surface area (Å²) in [5.41, 5.74) is 2.08. The third-order valence-electron chi connectivity index (χ3n) is 2.31. The molecule has 18 heavy (non-hydrogen) atoms. The van der Waals surface area contributed by atoms with Crippen LogP contribution >= 0.6 is 12.2 Å². The first kappa shape index (κ1) is 14.9. The first-order valence-electron chi connectivity index (χ1n) is 5.88. The molecule has 0 heterocycles. The summed E-state index contributed by atoms with van der Waals surface area (Å²) in [6.45, 7) is 2.14. The third-order valence-corrected chi connectivity index (χ3v) is 2.55. The molecule has 0 spiro atoms. The minimum absolute atomic E-state index is 0.601. The van der Waals surface area contributed by atoms with Crippen LogP contribution in [-0.4, -0.2) is 32.5 Å². The topological polar surface area (TPSA) is 42.5 Å². The summed E-state index contributed by atoms with van der Waals surface area (Å²) in [5.74, 6) is 0. The number of hydrogen-bond donors (Lipinski definition) is 2. The Morgan fingerprint density at radius 1 is 1.28 bits per heavy atom. The van der Waals surface area contributed by atoms with E-state index in [4.69, 9.17) is 21.7 Å². The van der Waals surface area contributed by atoms with Crippen molar-refractivity contribution in [1.82, 2.24) is 5.32 Å². The van der Waals surface area contributed by atoms with Crippen molar-refractivity contribution in [1.29, 1.82) is 0 Å². The zero-order valence-corrected chi connectivity index (χ0v) is 11.7. The molecule has 0 saturated carbocycles. The fourth-order valence-electron chi connectivity index (χ4n) is 1.50. The zero-order valence-electron chi connectivity index (χ0n) is 10.9. The first-order valence-corrected chi connectivity index (χ1v) is 6.28. The van der Waals surface area contributed by atoms with Gasteiger partial charge in [-0.2, -0.15) is 0 Å². The molecule has 0 fully saturated rings. The van der Waals surface area contributed by atoms with E-state index in [2.05, 4.69) is 10.6 Å². The summed E-state index contributed by atoms with van der Waals surface area (Å²) in [5, 5.41) is 6.89. The lowest BCUT2D eigenvalue weighted by molar-refractivity contribution is 0.185. The molecular weight excluding hydrogens is 248 g/mol. The summed E-state index contributed by atoms with van der Waals surface area (Å²) in [6.07, 6.45) is 0.933. The van der Waals surface area contributed by atoms with Gasteiger partial charge in [0.1, 0.15) is 0 Å². The number of methoxy groups -OCH3 is 2. The van der Waals surface area contributed by atoms with E-state index in [1.807, 2.05) is 24.3 Å². The van der Waals surface area contributed by atoms with Crippen molar-refractivity contribution in [2.24, 2.45) is 0 Å². The van der Waals surface area contributed by atoms with Gasteiger partial charge in [0.15, 0.2) is 5.11 Å². The molecule has 0 unspecified atom stereocenters. The second-order valence-corrected chi connectivity index (χ2v) is 4.27. The van der Waals surface area contributed by atoms with E-state index in [0.29, 0.717) is 11.7 Å². The maximum Gasteiger partial charge on any atom is 0.170 e. The van der Waals surface area contributed by atoms with Gasteiger partial charge in [-0.15, -0.1) is 0 Å². The average Bonchev–Trinajstić information content (AvgIpc) is 2.35. The number of anilines is 1. The Kier molecular flexibility index (Phi) is 7.32. The largest absolute Gasteiger partial charge is 0.385 e. The van der Waals surface area contributed by atoms with Gasteiger partial charge in [0.05, 0.1) is 6.61 Å². The van der Waals surface area contributed by atoms with Crippen LogP contribution < -0.4 is 10.6 Å². The van der Waals surface area contributed by atoms with Crippen molar-refractivity contribution in [2.45, 2.75) is 13.0 Å². The zero-order chi connectivity index (χ0) is 13.2. The van der Waals surface area contributed by atoms with Gasteiger partial charge in [0.2, 0.25) is 0 Å². The van der Waals surface area contributed by atoms with Crippen molar-refractivity contribution in [2.75, 3.05) is 32.7 Å². The van der Waals surface area contributed by atoms with Crippen LogP contribution in [0.25, 0.3) is 0 Å². The van der Waals surface area contributed by atoms with Crippen molar-refractivity contribution in [3.8, 4) is 0 Å². The third kappa shape index (κ3) is 5.95. The second kappa shape index (κ2) is 8.85. The minimum Gasteiger partial charge on any atom is -0.385 e. The Bertz CT molecular complexity index is 372. The molecule has 100 valence electrons. The summed E-state index contributed by atoms with van der Waals surface area (Å²) in [7, 11) is 3.37. The highest BCUT2D eigenvalue weighted by Crippen LogP contribution is 2.11. The number of thiocarbonyl (C=S) groups is 1. The van der Waals surface area contributed by atoms with Crippen LogP contribution in [0.1, 0.15) is 12.0 Å².